The predicted octanol–water partition coefficient (Wildman–Crippen LogP) is 4.87. The summed E-state index contributed by atoms with van der Waals surface area (Å²) in [5, 5.41) is 14.0. The number of hydrogen-bond donors (Lipinski definition) is 3. The largest absolute Gasteiger partial charge is 0.396 e. The van der Waals surface area contributed by atoms with Crippen LogP contribution in [0, 0.1) is 17.6 Å². The van der Waals surface area contributed by atoms with Crippen LogP contribution in [0.5, 0.6) is 0 Å². The van der Waals surface area contributed by atoms with Crippen LogP contribution in [0.2, 0.25) is 0 Å². The minimum atomic E-state index is -0.626. The van der Waals surface area contributed by atoms with Crippen LogP contribution in [-0.4, -0.2) is 71.4 Å². The summed E-state index contributed by atoms with van der Waals surface area (Å²) in [6.07, 6.45) is 1.27. The summed E-state index contributed by atoms with van der Waals surface area (Å²) in [6.45, 7) is 6.38. The standard InChI is InChI=1S/C28H35F3N4O/c1-17(16-36)13-35-18(2)10-22-21-6-3-4-7-25(21)33-27(22)28(35)26-23(30)11-19(12-24(26)31)32-20-14-34(15-20)9-5-8-29/h3-4,6-7,11-12,17-18,20,28,32-33,36H,5,8-10,13-16H2,1-2H3/t17-,18-,28-/m1/s1. The van der Waals surface area contributed by atoms with Gasteiger partial charge in [-0.2, -0.15) is 0 Å². The van der Waals surface area contributed by atoms with Crippen molar-refractivity contribution in [2.24, 2.45) is 5.92 Å². The van der Waals surface area contributed by atoms with E-state index >= 15 is 8.78 Å². The Kier molecular flexibility index (Phi) is 7.28. The van der Waals surface area contributed by atoms with Gasteiger partial charge in [0.25, 0.3) is 0 Å². The molecule has 5 nitrogen and oxygen atoms in total. The molecule has 0 aliphatic carbocycles. The second-order valence-corrected chi connectivity index (χ2v) is 10.5. The maximum Gasteiger partial charge on any atom is 0.133 e. The highest BCUT2D eigenvalue weighted by atomic mass is 19.1. The van der Waals surface area contributed by atoms with Gasteiger partial charge in [0.05, 0.1) is 18.8 Å². The monoisotopic (exact) mass is 500 g/mol. The van der Waals surface area contributed by atoms with Crippen molar-refractivity contribution in [1.82, 2.24) is 14.8 Å². The molecule has 3 atom stereocenters. The topological polar surface area (TPSA) is 54.5 Å². The Morgan fingerprint density at radius 3 is 2.58 bits per heavy atom. The third-order valence-electron chi connectivity index (χ3n) is 7.64. The van der Waals surface area contributed by atoms with Crippen molar-refractivity contribution in [3.63, 3.8) is 0 Å². The van der Waals surface area contributed by atoms with Crippen molar-refractivity contribution in [3.05, 3.63) is 64.9 Å². The number of rotatable bonds is 9. The smallest absolute Gasteiger partial charge is 0.133 e. The van der Waals surface area contributed by atoms with Crippen LogP contribution < -0.4 is 5.32 Å². The zero-order chi connectivity index (χ0) is 25.4. The van der Waals surface area contributed by atoms with Gasteiger partial charge < -0.3 is 15.4 Å². The number of para-hydroxylation sites is 1. The summed E-state index contributed by atoms with van der Waals surface area (Å²) < 4.78 is 43.9. The normalized spacial score (nSPS) is 21.9. The van der Waals surface area contributed by atoms with E-state index in [0.717, 1.165) is 41.7 Å². The molecule has 0 bridgehead atoms. The Labute approximate surface area is 210 Å². The van der Waals surface area contributed by atoms with Crippen molar-refractivity contribution in [2.45, 2.75) is 44.8 Å². The summed E-state index contributed by atoms with van der Waals surface area (Å²) >= 11 is 0. The average molecular weight is 501 g/mol. The molecular formula is C28H35F3N4O. The van der Waals surface area contributed by atoms with E-state index in [1.807, 2.05) is 25.1 Å². The number of H-pyrrole nitrogens is 1. The summed E-state index contributed by atoms with van der Waals surface area (Å²) in [4.78, 5) is 7.70. The van der Waals surface area contributed by atoms with Crippen molar-refractivity contribution < 1.29 is 18.3 Å². The number of hydrogen-bond acceptors (Lipinski definition) is 4. The molecule has 0 amide bonds. The predicted molar refractivity (Wildman–Crippen MR) is 137 cm³/mol. The van der Waals surface area contributed by atoms with Crippen molar-refractivity contribution in [2.75, 3.05) is 44.8 Å². The van der Waals surface area contributed by atoms with E-state index in [4.69, 9.17) is 0 Å². The number of alkyl halides is 1. The van der Waals surface area contributed by atoms with Gasteiger partial charge in [0.2, 0.25) is 0 Å². The molecule has 36 heavy (non-hydrogen) atoms. The van der Waals surface area contributed by atoms with Crippen LogP contribution >= 0.6 is 0 Å². The molecule has 8 heteroatoms. The Hall–Kier alpha value is -2.55. The first-order valence-corrected chi connectivity index (χ1v) is 12.9. The molecule has 0 spiro atoms. The van der Waals surface area contributed by atoms with E-state index < -0.39 is 17.7 Å². The Morgan fingerprint density at radius 2 is 1.89 bits per heavy atom. The molecule has 1 fully saturated rings. The van der Waals surface area contributed by atoms with Gasteiger partial charge in [-0.05, 0) is 49.4 Å². The first kappa shape index (κ1) is 25.1. The van der Waals surface area contributed by atoms with E-state index in [2.05, 4.69) is 33.1 Å². The second-order valence-electron chi connectivity index (χ2n) is 10.5. The summed E-state index contributed by atoms with van der Waals surface area (Å²) in [6, 6.07) is 10.3. The first-order valence-electron chi connectivity index (χ1n) is 12.9. The molecule has 2 aromatic carbocycles. The molecule has 0 radical (unpaired) electrons. The molecule has 5 rings (SSSR count). The van der Waals surface area contributed by atoms with Crippen LogP contribution in [0.3, 0.4) is 0 Å². The lowest BCUT2D eigenvalue weighted by molar-refractivity contribution is 0.101. The van der Waals surface area contributed by atoms with Gasteiger partial charge in [0, 0.05) is 66.7 Å². The summed E-state index contributed by atoms with van der Waals surface area (Å²) in [5.74, 6) is -1.21. The lowest BCUT2D eigenvalue weighted by Crippen LogP contribution is -2.54. The molecule has 0 unspecified atom stereocenters. The SMILES string of the molecule is C[C@@H](CO)CN1[C@H](c2c(F)cc(NC3CN(CCCF)C3)cc2F)c2[nH]c3ccccc3c2C[C@H]1C. The van der Waals surface area contributed by atoms with Crippen LogP contribution in [0.4, 0.5) is 18.9 Å². The number of aliphatic hydroxyl groups excluding tert-OH is 1. The number of benzene rings is 2. The number of nitrogens with zero attached hydrogens (tertiary/aromatic N) is 2. The fourth-order valence-corrected chi connectivity index (χ4v) is 5.81. The number of anilines is 1. The molecule has 3 N–H and O–H groups in total. The molecule has 0 saturated carbocycles. The van der Waals surface area contributed by atoms with Crippen molar-refractivity contribution >= 4 is 16.6 Å². The molecule has 1 aromatic heterocycles. The third kappa shape index (κ3) is 4.74. The quantitative estimate of drug-likeness (QED) is 0.393. The second kappa shape index (κ2) is 10.4. The summed E-state index contributed by atoms with van der Waals surface area (Å²) in [5.41, 5.74) is 3.32. The molecule has 3 aromatic rings. The highest BCUT2D eigenvalue weighted by molar-refractivity contribution is 5.85. The maximum atomic E-state index is 15.8. The van der Waals surface area contributed by atoms with Crippen LogP contribution in [-0.2, 0) is 6.42 Å². The number of nitrogens with one attached hydrogen (secondary N) is 2. The fraction of sp³-hybridized carbons (Fsp3) is 0.500. The number of halogens is 3. The van der Waals surface area contributed by atoms with E-state index in [9.17, 15) is 9.50 Å². The van der Waals surface area contributed by atoms with Crippen LogP contribution in [0.25, 0.3) is 10.9 Å². The molecule has 3 heterocycles. The Bertz CT molecular complexity index is 1190. The molecule has 1 saturated heterocycles. The van der Waals surface area contributed by atoms with Crippen molar-refractivity contribution in [3.8, 4) is 0 Å². The Morgan fingerprint density at radius 1 is 1.17 bits per heavy atom. The van der Waals surface area contributed by atoms with E-state index in [1.54, 1.807) is 0 Å². The lowest BCUT2D eigenvalue weighted by Gasteiger charge is -2.42. The lowest BCUT2D eigenvalue weighted by atomic mass is 9.87. The summed E-state index contributed by atoms with van der Waals surface area (Å²) in [7, 11) is 0. The highest BCUT2D eigenvalue weighted by Gasteiger charge is 2.39. The zero-order valence-electron chi connectivity index (χ0n) is 20.9. The van der Waals surface area contributed by atoms with E-state index in [1.165, 1.54) is 12.1 Å². The van der Waals surface area contributed by atoms with Crippen molar-refractivity contribution in [1.29, 1.82) is 0 Å². The van der Waals surface area contributed by atoms with Gasteiger partial charge >= 0.3 is 0 Å². The van der Waals surface area contributed by atoms with Crippen LogP contribution in [0.1, 0.15) is 43.1 Å². The zero-order valence-corrected chi connectivity index (χ0v) is 20.9. The number of aliphatic hydroxyl groups is 1. The number of aromatic nitrogens is 1. The molecule has 2 aliphatic rings. The number of fused-ring (bicyclic) bond motifs is 3. The number of likely N-dealkylation sites (tertiary alicyclic amines) is 1. The Balaban J connectivity index is 1.48. The van der Waals surface area contributed by atoms with Gasteiger partial charge in [0.15, 0.2) is 0 Å². The van der Waals surface area contributed by atoms with Gasteiger partial charge in [0.1, 0.15) is 11.6 Å². The molecule has 2 aliphatic heterocycles. The van der Waals surface area contributed by atoms with E-state index in [0.29, 0.717) is 25.2 Å². The molecular weight excluding hydrogens is 465 g/mol. The molecule has 194 valence electrons. The van der Waals surface area contributed by atoms with Gasteiger partial charge in [-0.3, -0.25) is 14.2 Å². The maximum absolute atomic E-state index is 15.8. The van der Waals surface area contributed by atoms with Gasteiger partial charge in [-0.15, -0.1) is 0 Å². The van der Waals surface area contributed by atoms with Gasteiger partial charge in [-0.25, -0.2) is 8.78 Å². The minimum Gasteiger partial charge on any atom is -0.396 e. The van der Waals surface area contributed by atoms with Crippen LogP contribution in [0.15, 0.2) is 36.4 Å². The van der Waals surface area contributed by atoms with Gasteiger partial charge in [-0.1, -0.05) is 25.1 Å². The van der Waals surface area contributed by atoms with E-state index in [-0.39, 0.29) is 36.8 Å². The number of aromatic amines is 1. The average Bonchev–Trinajstić information content (AvgIpc) is 3.19. The fourth-order valence-electron chi connectivity index (χ4n) is 5.81. The third-order valence-corrected chi connectivity index (χ3v) is 7.64. The minimum absolute atomic E-state index is 0.00700. The highest BCUT2D eigenvalue weighted by Crippen LogP contribution is 2.43. The first-order chi connectivity index (χ1) is 17.4.